The summed E-state index contributed by atoms with van der Waals surface area (Å²) in [6, 6.07) is 8.33. The zero-order valence-corrected chi connectivity index (χ0v) is 13.0. The molecule has 0 radical (unpaired) electrons. The first-order valence-corrected chi connectivity index (χ1v) is 9.74. The maximum atomic E-state index is 9.46. The molecule has 0 saturated carbocycles. The largest absolute Gasteiger partial charge is 0.391 e. The predicted molar refractivity (Wildman–Crippen MR) is 82.0 cm³/mol. The topological polar surface area (TPSA) is 20.2 Å². The van der Waals surface area contributed by atoms with E-state index in [1.807, 2.05) is 6.92 Å². The van der Waals surface area contributed by atoms with Crippen molar-refractivity contribution in [2.75, 3.05) is 6.61 Å². The number of hydrogen-bond acceptors (Lipinski definition) is 1. The van der Waals surface area contributed by atoms with Crippen LogP contribution in [0, 0.1) is 18.4 Å². The van der Waals surface area contributed by atoms with Crippen molar-refractivity contribution in [2.24, 2.45) is 0 Å². The number of aliphatic hydroxyl groups excluding tert-OH is 1. The van der Waals surface area contributed by atoms with Gasteiger partial charge in [0.1, 0.15) is 8.07 Å². The van der Waals surface area contributed by atoms with Gasteiger partial charge in [-0.3, -0.25) is 0 Å². The van der Waals surface area contributed by atoms with Gasteiger partial charge < -0.3 is 5.11 Å². The summed E-state index contributed by atoms with van der Waals surface area (Å²) in [7, 11) is -1.40. The van der Waals surface area contributed by atoms with Crippen molar-refractivity contribution >= 4 is 13.6 Å². The standard InChI is InChI=1S/C16H22OSi/c1-13-6-8-15(9-7-13)14(2)16(12-17)10-11-18(3,4)5/h6-9,17H,12H2,1-5H3/b16-14-. The van der Waals surface area contributed by atoms with Crippen LogP contribution in [0.15, 0.2) is 29.8 Å². The van der Waals surface area contributed by atoms with Crippen molar-refractivity contribution in [2.45, 2.75) is 33.5 Å². The van der Waals surface area contributed by atoms with Crippen LogP contribution in [0.4, 0.5) is 0 Å². The molecule has 0 bridgehead atoms. The number of aliphatic hydroxyl groups is 1. The number of allylic oxidation sites excluding steroid dienone is 1. The molecule has 0 atom stereocenters. The molecule has 1 nitrogen and oxygen atoms in total. The summed E-state index contributed by atoms with van der Waals surface area (Å²) in [6.45, 7) is 10.7. The van der Waals surface area contributed by atoms with E-state index in [9.17, 15) is 5.11 Å². The molecule has 18 heavy (non-hydrogen) atoms. The van der Waals surface area contributed by atoms with Crippen LogP contribution in [0.5, 0.6) is 0 Å². The monoisotopic (exact) mass is 258 g/mol. The Bertz CT molecular complexity index is 493. The summed E-state index contributed by atoms with van der Waals surface area (Å²) in [5.41, 5.74) is 7.59. The van der Waals surface area contributed by atoms with Crippen LogP contribution in [0.2, 0.25) is 19.6 Å². The highest BCUT2D eigenvalue weighted by Crippen LogP contribution is 2.18. The second-order valence-corrected chi connectivity index (χ2v) is 10.4. The molecule has 0 aliphatic carbocycles. The SMILES string of the molecule is C/C(=C(\C#C[Si](C)(C)C)CO)c1ccc(C)cc1. The normalized spacial score (nSPS) is 12.6. The fourth-order valence-electron chi connectivity index (χ4n) is 1.49. The van der Waals surface area contributed by atoms with Crippen molar-refractivity contribution in [3.63, 3.8) is 0 Å². The van der Waals surface area contributed by atoms with Crippen molar-refractivity contribution < 1.29 is 5.11 Å². The van der Waals surface area contributed by atoms with E-state index in [2.05, 4.69) is 62.3 Å². The minimum atomic E-state index is -1.40. The Balaban J connectivity index is 3.14. The van der Waals surface area contributed by atoms with E-state index in [0.29, 0.717) is 0 Å². The van der Waals surface area contributed by atoms with Crippen LogP contribution in [-0.2, 0) is 0 Å². The van der Waals surface area contributed by atoms with E-state index in [-0.39, 0.29) is 6.61 Å². The molecule has 0 spiro atoms. The van der Waals surface area contributed by atoms with E-state index < -0.39 is 8.07 Å². The van der Waals surface area contributed by atoms with Gasteiger partial charge in [0.15, 0.2) is 0 Å². The molecule has 0 saturated heterocycles. The van der Waals surface area contributed by atoms with E-state index in [4.69, 9.17) is 0 Å². The van der Waals surface area contributed by atoms with Gasteiger partial charge in [-0.25, -0.2) is 0 Å². The Hall–Kier alpha value is -1.30. The lowest BCUT2D eigenvalue weighted by molar-refractivity contribution is 0.336. The second-order valence-electron chi connectivity index (χ2n) is 5.63. The highest BCUT2D eigenvalue weighted by atomic mass is 28.3. The summed E-state index contributed by atoms with van der Waals surface area (Å²) < 4.78 is 0. The first kappa shape index (κ1) is 14.8. The molecule has 2 heteroatoms. The fraction of sp³-hybridized carbons (Fsp3) is 0.375. The molecule has 0 fully saturated rings. The molecule has 0 amide bonds. The molecule has 0 aliphatic rings. The number of hydrogen-bond donors (Lipinski definition) is 1. The molecule has 0 unspecified atom stereocenters. The van der Waals surface area contributed by atoms with Gasteiger partial charge in [-0.15, -0.1) is 5.54 Å². The fourth-order valence-corrected chi connectivity index (χ4v) is 2.02. The van der Waals surface area contributed by atoms with Crippen LogP contribution in [-0.4, -0.2) is 19.8 Å². The summed E-state index contributed by atoms with van der Waals surface area (Å²) in [6.07, 6.45) is 0. The van der Waals surface area contributed by atoms with Crippen LogP contribution in [0.25, 0.3) is 5.57 Å². The van der Waals surface area contributed by atoms with Gasteiger partial charge in [0.05, 0.1) is 6.61 Å². The lowest BCUT2D eigenvalue weighted by Crippen LogP contribution is -2.16. The van der Waals surface area contributed by atoms with Crippen LogP contribution in [0.3, 0.4) is 0 Å². The Labute approximate surface area is 112 Å². The highest BCUT2D eigenvalue weighted by molar-refractivity contribution is 6.83. The minimum absolute atomic E-state index is 0.0111. The lowest BCUT2D eigenvalue weighted by atomic mass is 10.0. The van der Waals surface area contributed by atoms with Crippen LogP contribution < -0.4 is 0 Å². The van der Waals surface area contributed by atoms with E-state index in [0.717, 1.165) is 16.7 Å². The molecular formula is C16H22OSi. The Morgan fingerprint density at radius 1 is 1.17 bits per heavy atom. The maximum Gasteiger partial charge on any atom is 0.129 e. The summed E-state index contributed by atoms with van der Waals surface area (Å²) >= 11 is 0. The zero-order chi connectivity index (χ0) is 13.8. The van der Waals surface area contributed by atoms with Crippen molar-refractivity contribution in [3.05, 3.63) is 41.0 Å². The number of rotatable bonds is 2. The predicted octanol–water partition coefficient (Wildman–Crippen LogP) is 3.64. The quantitative estimate of drug-likeness (QED) is 0.634. The van der Waals surface area contributed by atoms with Crippen molar-refractivity contribution in [1.29, 1.82) is 0 Å². The van der Waals surface area contributed by atoms with Gasteiger partial charge in [0.2, 0.25) is 0 Å². The molecular weight excluding hydrogens is 236 g/mol. The van der Waals surface area contributed by atoms with Gasteiger partial charge in [-0.05, 0) is 25.0 Å². The lowest BCUT2D eigenvalue weighted by Gasteiger charge is -2.07. The van der Waals surface area contributed by atoms with Gasteiger partial charge in [-0.1, -0.05) is 55.4 Å². The average molecular weight is 258 g/mol. The molecule has 1 aromatic carbocycles. The average Bonchev–Trinajstić information content (AvgIpc) is 2.29. The Morgan fingerprint density at radius 3 is 2.17 bits per heavy atom. The zero-order valence-electron chi connectivity index (χ0n) is 12.0. The van der Waals surface area contributed by atoms with Crippen LogP contribution in [0.1, 0.15) is 18.1 Å². The maximum absolute atomic E-state index is 9.46. The summed E-state index contributed by atoms with van der Waals surface area (Å²) in [4.78, 5) is 0. The van der Waals surface area contributed by atoms with E-state index >= 15 is 0 Å². The molecule has 1 aromatic rings. The number of benzene rings is 1. The van der Waals surface area contributed by atoms with E-state index in [1.54, 1.807) is 0 Å². The first-order valence-electron chi connectivity index (χ1n) is 6.24. The van der Waals surface area contributed by atoms with Crippen molar-refractivity contribution in [1.82, 2.24) is 0 Å². The van der Waals surface area contributed by atoms with Crippen LogP contribution >= 0.6 is 0 Å². The molecule has 96 valence electrons. The van der Waals surface area contributed by atoms with Gasteiger partial charge in [0.25, 0.3) is 0 Å². The third-order valence-corrected chi connectivity index (χ3v) is 3.56. The smallest absolute Gasteiger partial charge is 0.129 e. The molecule has 0 heterocycles. The summed E-state index contributed by atoms with van der Waals surface area (Å²) in [5.74, 6) is 3.16. The Kier molecular flexibility index (Phi) is 4.95. The molecule has 1 N–H and O–H groups in total. The highest BCUT2D eigenvalue weighted by Gasteiger charge is 2.08. The molecule has 0 aliphatic heterocycles. The molecule has 0 aromatic heterocycles. The van der Waals surface area contributed by atoms with E-state index in [1.165, 1.54) is 5.56 Å². The summed E-state index contributed by atoms with van der Waals surface area (Å²) in [5, 5.41) is 9.46. The van der Waals surface area contributed by atoms with Crippen molar-refractivity contribution in [3.8, 4) is 11.5 Å². The first-order chi connectivity index (χ1) is 8.33. The minimum Gasteiger partial charge on any atom is -0.391 e. The van der Waals surface area contributed by atoms with Gasteiger partial charge >= 0.3 is 0 Å². The third kappa shape index (κ3) is 4.52. The third-order valence-electron chi connectivity index (χ3n) is 2.68. The number of aryl methyl sites for hydroxylation is 1. The van der Waals surface area contributed by atoms with Gasteiger partial charge in [-0.2, -0.15) is 0 Å². The Morgan fingerprint density at radius 2 is 1.72 bits per heavy atom. The van der Waals surface area contributed by atoms with Gasteiger partial charge in [0, 0.05) is 5.57 Å². The molecule has 1 rings (SSSR count). The second kappa shape index (κ2) is 6.04.